The van der Waals surface area contributed by atoms with Gasteiger partial charge < -0.3 is 10.1 Å². The predicted molar refractivity (Wildman–Crippen MR) is 110 cm³/mol. The van der Waals surface area contributed by atoms with E-state index in [-0.39, 0.29) is 29.9 Å². The van der Waals surface area contributed by atoms with Gasteiger partial charge in [0, 0.05) is 11.6 Å². The van der Waals surface area contributed by atoms with E-state index < -0.39 is 0 Å². The van der Waals surface area contributed by atoms with E-state index >= 15 is 0 Å². The number of ether oxygens (including phenoxy) is 1. The van der Waals surface area contributed by atoms with Crippen molar-refractivity contribution < 1.29 is 9.53 Å². The minimum atomic E-state index is 0. The van der Waals surface area contributed by atoms with Crippen LogP contribution >= 0.6 is 23.7 Å². The van der Waals surface area contributed by atoms with E-state index in [0.717, 1.165) is 39.4 Å². The number of carbonyl (C=O) groups excluding carboxylic acids is 1. The minimum Gasteiger partial charge on any atom is -0.495 e. The van der Waals surface area contributed by atoms with E-state index in [2.05, 4.69) is 30.1 Å². The zero-order valence-electron chi connectivity index (χ0n) is 15.8. The molecule has 0 radical (unpaired) electrons. The lowest BCUT2D eigenvalue weighted by atomic mass is 9.72. The summed E-state index contributed by atoms with van der Waals surface area (Å²) in [4.78, 5) is 16.3. The number of amides is 1. The molecule has 5 rings (SSSR count). The van der Waals surface area contributed by atoms with Crippen LogP contribution in [0.5, 0.6) is 5.75 Å². The zero-order chi connectivity index (χ0) is 17.8. The van der Waals surface area contributed by atoms with Crippen molar-refractivity contribution in [3.8, 4) is 5.75 Å². The number of thiophene rings is 1. The molecule has 1 aromatic carbocycles. The molecule has 1 amide bonds. The summed E-state index contributed by atoms with van der Waals surface area (Å²) in [6.07, 6.45) is 2.38. The fourth-order valence-electron chi connectivity index (χ4n) is 4.63. The average Bonchev–Trinajstić information content (AvgIpc) is 3.02. The Labute approximate surface area is 165 Å². The van der Waals surface area contributed by atoms with Crippen LogP contribution in [0.4, 0.5) is 0 Å². The Kier molecular flexibility index (Phi) is 5.26. The predicted octanol–water partition coefficient (Wildman–Crippen LogP) is 4.24. The molecule has 2 bridgehead atoms. The summed E-state index contributed by atoms with van der Waals surface area (Å²) in [6.45, 7) is 8.88. The summed E-state index contributed by atoms with van der Waals surface area (Å²) < 4.78 is 6.60. The zero-order valence-corrected chi connectivity index (χ0v) is 17.4. The molecule has 6 heteroatoms. The van der Waals surface area contributed by atoms with Crippen molar-refractivity contribution in [1.29, 1.82) is 0 Å². The van der Waals surface area contributed by atoms with Crippen LogP contribution in [-0.2, 0) is 0 Å². The normalized spacial score (nSPS) is 26.4. The summed E-state index contributed by atoms with van der Waals surface area (Å²) in [6, 6.07) is 6.33. The van der Waals surface area contributed by atoms with Crippen LogP contribution in [0.1, 0.15) is 41.9 Å². The van der Waals surface area contributed by atoms with Crippen molar-refractivity contribution in [2.45, 2.75) is 45.2 Å². The second kappa shape index (κ2) is 7.02. The molecule has 26 heavy (non-hydrogen) atoms. The standard InChI is InChI=1S/C20H26N2O2S.ClH/c1-12-5-6-14-11-15(25-17(14)16(12)24-4)19(23)21-18-13-7-9-22(10-8-13)20(18,2)3;/h5-6,11,13,18H,7-10H2,1-4H3,(H,21,23);1H/t18-;/m1./s1. The largest absolute Gasteiger partial charge is 0.495 e. The number of benzene rings is 1. The number of hydrogen-bond donors (Lipinski definition) is 1. The molecule has 3 fully saturated rings. The average molecular weight is 395 g/mol. The van der Waals surface area contributed by atoms with Gasteiger partial charge in [-0.25, -0.2) is 0 Å². The Morgan fingerprint density at radius 2 is 2.00 bits per heavy atom. The number of methoxy groups -OCH3 is 1. The highest BCUT2D eigenvalue weighted by atomic mass is 35.5. The highest BCUT2D eigenvalue weighted by molar-refractivity contribution is 7.21. The summed E-state index contributed by atoms with van der Waals surface area (Å²) >= 11 is 1.53. The van der Waals surface area contributed by atoms with Crippen LogP contribution in [0.3, 0.4) is 0 Å². The molecule has 4 heterocycles. The molecule has 4 nitrogen and oxygen atoms in total. The van der Waals surface area contributed by atoms with Crippen LogP contribution in [0.25, 0.3) is 10.1 Å². The molecule has 1 atom stereocenters. The first-order valence-corrected chi connectivity index (χ1v) is 9.86. The quantitative estimate of drug-likeness (QED) is 0.846. The first kappa shape index (κ1) is 19.5. The van der Waals surface area contributed by atoms with Crippen LogP contribution in [0, 0.1) is 12.8 Å². The Bertz CT molecular complexity index is 825. The van der Waals surface area contributed by atoms with Crippen LogP contribution in [0.15, 0.2) is 18.2 Å². The molecule has 3 saturated heterocycles. The maximum absolute atomic E-state index is 13.0. The van der Waals surface area contributed by atoms with Crippen molar-refractivity contribution in [1.82, 2.24) is 10.2 Å². The molecule has 0 unspecified atom stereocenters. The van der Waals surface area contributed by atoms with Gasteiger partial charge in [0.05, 0.1) is 16.7 Å². The van der Waals surface area contributed by atoms with E-state index in [9.17, 15) is 4.79 Å². The van der Waals surface area contributed by atoms with E-state index in [1.165, 1.54) is 24.2 Å². The van der Waals surface area contributed by atoms with Gasteiger partial charge >= 0.3 is 0 Å². The van der Waals surface area contributed by atoms with Gasteiger partial charge in [-0.15, -0.1) is 23.7 Å². The molecule has 1 aromatic heterocycles. The van der Waals surface area contributed by atoms with Crippen LogP contribution in [-0.4, -0.2) is 42.6 Å². The Balaban J connectivity index is 0.00000196. The number of carbonyl (C=O) groups is 1. The molecule has 142 valence electrons. The number of halogens is 1. The second-order valence-electron chi connectivity index (χ2n) is 7.87. The van der Waals surface area contributed by atoms with E-state index in [0.29, 0.717) is 5.92 Å². The molecule has 0 spiro atoms. The number of nitrogens with zero attached hydrogens (tertiary/aromatic N) is 1. The lowest BCUT2D eigenvalue weighted by Crippen LogP contribution is -2.69. The van der Waals surface area contributed by atoms with Crippen molar-refractivity contribution in [2.24, 2.45) is 5.92 Å². The third-order valence-electron chi connectivity index (χ3n) is 6.14. The summed E-state index contributed by atoms with van der Waals surface area (Å²) in [5.41, 5.74) is 1.13. The smallest absolute Gasteiger partial charge is 0.261 e. The summed E-state index contributed by atoms with van der Waals surface area (Å²) in [7, 11) is 1.69. The van der Waals surface area contributed by atoms with Gasteiger partial charge in [-0.05, 0) is 69.6 Å². The number of piperidine rings is 3. The van der Waals surface area contributed by atoms with Crippen molar-refractivity contribution >= 4 is 39.7 Å². The molecular formula is C20H27ClN2O2S. The van der Waals surface area contributed by atoms with Crippen molar-refractivity contribution in [2.75, 3.05) is 20.2 Å². The molecule has 3 aliphatic rings. The Hall–Kier alpha value is -1.30. The van der Waals surface area contributed by atoms with Crippen molar-refractivity contribution in [3.63, 3.8) is 0 Å². The first-order valence-electron chi connectivity index (χ1n) is 9.05. The highest BCUT2D eigenvalue weighted by Gasteiger charge is 2.48. The SMILES string of the molecule is COc1c(C)ccc2cc(C(=O)N[C@@H]3C4CCN(CC4)C3(C)C)sc12.Cl. The fraction of sp³-hybridized carbons (Fsp3) is 0.550. The number of aryl methyl sites for hydroxylation is 1. The maximum atomic E-state index is 13.0. The molecular weight excluding hydrogens is 368 g/mol. The minimum absolute atomic E-state index is 0. The summed E-state index contributed by atoms with van der Waals surface area (Å²) in [5.74, 6) is 1.52. The van der Waals surface area contributed by atoms with Gasteiger partial charge in [-0.3, -0.25) is 9.69 Å². The third-order valence-corrected chi connectivity index (χ3v) is 7.29. The van der Waals surface area contributed by atoms with Crippen molar-refractivity contribution in [3.05, 3.63) is 28.6 Å². The highest BCUT2D eigenvalue weighted by Crippen LogP contribution is 2.40. The number of rotatable bonds is 3. The third kappa shape index (κ3) is 3.00. The Morgan fingerprint density at radius 3 is 2.62 bits per heavy atom. The topological polar surface area (TPSA) is 41.6 Å². The van der Waals surface area contributed by atoms with Gasteiger partial charge in [0.1, 0.15) is 5.75 Å². The monoisotopic (exact) mass is 394 g/mol. The number of fused-ring (bicyclic) bond motifs is 4. The fourth-order valence-corrected chi connectivity index (χ4v) is 5.77. The van der Waals surface area contributed by atoms with E-state index in [4.69, 9.17) is 4.74 Å². The molecule has 3 aliphatic heterocycles. The van der Waals surface area contributed by atoms with Gasteiger partial charge in [0.2, 0.25) is 0 Å². The molecule has 0 aliphatic carbocycles. The van der Waals surface area contributed by atoms with Gasteiger partial charge in [-0.1, -0.05) is 12.1 Å². The van der Waals surface area contributed by atoms with E-state index in [1.54, 1.807) is 7.11 Å². The first-order chi connectivity index (χ1) is 11.9. The molecule has 0 saturated carbocycles. The van der Waals surface area contributed by atoms with E-state index in [1.807, 2.05) is 19.1 Å². The number of nitrogens with one attached hydrogen (secondary N) is 1. The maximum Gasteiger partial charge on any atom is 0.261 e. The molecule has 1 N–H and O–H groups in total. The van der Waals surface area contributed by atoms with Gasteiger partial charge in [-0.2, -0.15) is 0 Å². The van der Waals surface area contributed by atoms with Crippen LogP contribution in [0.2, 0.25) is 0 Å². The van der Waals surface area contributed by atoms with Gasteiger partial charge in [0.15, 0.2) is 0 Å². The van der Waals surface area contributed by atoms with Crippen LogP contribution < -0.4 is 10.1 Å². The lowest BCUT2D eigenvalue weighted by Gasteiger charge is -2.56. The lowest BCUT2D eigenvalue weighted by molar-refractivity contribution is -0.0377. The Morgan fingerprint density at radius 1 is 1.31 bits per heavy atom. The van der Waals surface area contributed by atoms with Gasteiger partial charge in [0.25, 0.3) is 5.91 Å². The second-order valence-corrected chi connectivity index (χ2v) is 8.93. The summed E-state index contributed by atoms with van der Waals surface area (Å²) in [5, 5.41) is 4.43. The molecule has 2 aromatic rings. The number of hydrogen-bond acceptors (Lipinski definition) is 4.